The van der Waals surface area contributed by atoms with Crippen LogP contribution in [0.5, 0.6) is 0 Å². The third-order valence-electron chi connectivity index (χ3n) is 12.1. The minimum absolute atomic E-state index is 0.407. The molecule has 0 aliphatic rings. The van der Waals surface area contributed by atoms with E-state index in [0.29, 0.717) is 15.0 Å². The molecule has 0 spiro atoms. The highest BCUT2D eigenvalue weighted by Crippen LogP contribution is 2.38. The van der Waals surface area contributed by atoms with Crippen LogP contribution in [-0.2, 0) is 15.7 Å². The topological polar surface area (TPSA) is 65.4 Å². The molecule has 2 N–H and O–H groups in total. The van der Waals surface area contributed by atoms with Crippen molar-refractivity contribution in [3.8, 4) is 11.1 Å². The fraction of sp³-hybridized carbons (Fsp3) is 0.308. The van der Waals surface area contributed by atoms with E-state index in [2.05, 4.69) is 162 Å². The second kappa shape index (κ2) is 18.7. The normalized spacial score (nSPS) is 12.2. The van der Waals surface area contributed by atoms with Gasteiger partial charge in [-0.15, -0.1) is 0 Å². The van der Waals surface area contributed by atoms with E-state index in [9.17, 15) is 10.2 Å². The molecule has 6 aromatic carbocycles. The zero-order valence-electron chi connectivity index (χ0n) is 37.1. The Labute approximate surface area is 360 Å². The summed E-state index contributed by atoms with van der Waals surface area (Å²) in [4.78, 5) is 4.56. The summed E-state index contributed by atoms with van der Waals surface area (Å²) in [6.45, 7) is 17.0. The Hall–Kier alpha value is -5.11. The molecule has 6 nitrogen and oxygen atoms in total. The lowest BCUT2D eigenvalue weighted by molar-refractivity contribution is -0.0893. The van der Waals surface area contributed by atoms with Gasteiger partial charge < -0.3 is 29.3 Å². The molecule has 0 atom stereocenters. The predicted octanol–water partition coefficient (Wildman–Crippen LogP) is 10.7. The van der Waals surface area contributed by atoms with E-state index in [0.717, 1.165) is 62.6 Å². The highest BCUT2D eigenvalue weighted by Gasteiger charge is 2.36. The molecule has 6 aromatic rings. The number of hydrogen-bond acceptors (Lipinski definition) is 6. The molecule has 0 fully saturated rings. The molecular weight excluding hydrogens is 738 g/mol. The third-order valence-corrected chi connectivity index (χ3v) is 12.1. The molecule has 0 aliphatic heterocycles. The molecule has 0 radical (unpaired) electrons. The largest absolute Gasteiger partial charge is 0.427 e. The molecule has 0 heterocycles. The average Bonchev–Trinajstić information content (AvgIpc) is 3.23. The van der Waals surface area contributed by atoms with Crippen molar-refractivity contribution in [3.05, 3.63) is 157 Å². The smallest absolute Gasteiger partial charge is 0.309 e. The first-order valence-corrected chi connectivity index (χ1v) is 21.3. The number of aryl methyl sites for hydroxylation is 1. The van der Waals surface area contributed by atoms with Crippen molar-refractivity contribution < 1.29 is 19.5 Å². The van der Waals surface area contributed by atoms with Gasteiger partial charge in [0.2, 0.25) is 0 Å². The zero-order valence-corrected chi connectivity index (χ0v) is 37.1. The molecule has 310 valence electrons. The van der Waals surface area contributed by atoms with Crippen molar-refractivity contribution in [2.45, 2.75) is 104 Å². The molecule has 0 saturated heterocycles. The Balaban J connectivity index is 1.24. The molecule has 8 heteroatoms. The van der Waals surface area contributed by atoms with E-state index < -0.39 is 22.4 Å². The van der Waals surface area contributed by atoms with Crippen LogP contribution in [0, 0.1) is 0 Å². The number of hydrogen-bond donors (Lipinski definition) is 2. The lowest BCUT2D eigenvalue weighted by Gasteiger charge is -2.37. The molecule has 0 saturated carbocycles. The van der Waals surface area contributed by atoms with Gasteiger partial charge in [-0.05, 0) is 158 Å². The second-order valence-corrected chi connectivity index (χ2v) is 17.9. The summed E-state index contributed by atoms with van der Waals surface area (Å²) in [6.07, 6.45) is 3.43. The summed E-state index contributed by atoms with van der Waals surface area (Å²) in [7, 11) is 0.815. The zero-order chi connectivity index (χ0) is 43.1. The Morgan fingerprint density at radius 2 is 0.750 bits per heavy atom. The van der Waals surface area contributed by atoms with Crippen LogP contribution in [0.25, 0.3) is 11.1 Å². The van der Waals surface area contributed by atoms with Gasteiger partial charge in [-0.2, -0.15) is 0 Å². The molecule has 0 bridgehead atoms. The molecule has 0 unspecified atom stereocenters. The number of anilines is 6. The van der Waals surface area contributed by atoms with Gasteiger partial charge in [-0.25, -0.2) is 0 Å². The van der Waals surface area contributed by atoms with Crippen LogP contribution in [0.3, 0.4) is 0 Å². The fourth-order valence-corrected chi connectivity index (χ4v) is 6.63. The van der Waals surface area contributed by atoms with Crippen molar-refractivity contribution in [1.29, 1.82) is 0 Å². The number of benzene rings is 6. The molecule has 0 aliphatic carbocycles. The average molecular weight is 801 g/mol. The molecule has 60 heavy (non-hydrogen) atoms. The summed E-state index contributed by atoms with van der Waals surface area (Å²) in [6, 6.07) is 53.8. The quantitative estimate of drug-likeness (QED) is 0.0844. The monoisotopic (exact) mass is 800 g/mol. The van der Waals surface area contributed by atoms with Gasteiger partial charge in [-0.1, -0.05) is 103 Å². The van der Waals surface area contributed by atoms with Gasteiger partial charge in [0, 0.05) is 34.1 Å². The van der Waals surface area contributed by atoms with E-state index in [1.165, 1.54) is 18.4 Å². The van der Waals surface area contributed by atoms with Gasteiger partial charge >= 0.3 is 15.0 Å². The van der Waals surface area contributed by atoms with E-state index in [-0.39, 0.29) is 0 Å². The van der Waals surface area contributed by atoms with Gasteiger partial charge in [0.25, 0.3) is 0 Å². The lowest BCUT2D eigenvalue weighted by atomic mass is 9.82. The van der Waals surface area contributed by atoms with Crippen molar-refractivity contribution in [3.63, 3.8) is 0 Å². The van der Waals surface area contributed by atoms with Crippen LogP contribution >= 0.6 is 0 Å². The fourth-order valence-electron chi connectivity index (χ4n) is 6.63. The predicted molar refractivity (Wildman–Crippen MR) is 256 cm³/mol. The highest BCUT2D eigenvalue weighted by atomic mass is 16.5. The van der Waals surface area contributed by atoms with E-state index in [1.54, 1.807) is 27.7 Å². The number of para-hydroxylation sites is 1. The SMILES string of the molecule is CCCCc1ccc(N(c2ccc(BOC(C)(C)C(C)(C)O)cc2)c2ccc(-c3ccc(N(c4ccccc4)c4ccc(BOC(C)(C)C(C)(C)O)cc4)cc3)cc2)cc1. The van der Waals surface area contributed by atoms with Crippen LogP contribution in [0.2, 0.25) is 0 Å². The van der Waals surface area contributed by atoms with Crippen LogP contribution in [0.4, 0.5) is 34.1 Å². The van der Waals surface area contributed by atoms with Crippen molar-refractivity contribution >= 4 is 60.0 Å². The molecule has 6 rings (SSSR count). The maximum atomic E-state index is 10.6. The summed E-state index contributed by atoms with van der Waals surface area (Å²) in [5.41, 5.74) is 8.76. The Kier molecular flexibility index (Phi) is 13.8. The molecule has 0 aromatic heterocycles. The van der Waals surface area contributed by atoms with Crippen molar-refractivity contribution in [2.75, 3.05) is 9.80 Å². The van der Waals surface area contributed by atoms with Gasteiger partial charge in [0.15, 0.2) is 0 Å². The summed E-state index contributed by atoms with van der Waals surface area (Å²) >= 11 is 0. The van der Waals surface area contributed by atoms with Gasteiger partial charge in [0.05, 0.1) is 22.4 Å². The molecule has 0 amide bonds. The van der Waals surface area contributed by atoms with Gasteiger partial charge in [0.1, 0.15) is 0 Å². The number of nitrogens with zero attached hydrogens (tertiary/aromatic N) is 2. The Bertz CT molecular complexity index is 2250. The second-order valence-electron chi connectivity index (χ2n) is 17.9. The first-order valence-electron chi connectivity index (χ1n) is 21.3. The Morgan fingerprint density at radius 1 is 0.433 bits per heavy atom. The summed E-state index contributed by atoms with van der Waals surface area (Å²) < 4.78 is 12.3. The minimum atomic E-state index is -0.967. The maximum absolute atomic E-state index is 10.6. The summed E-state index contributed by atoms with van der Waals surface area (Å²) in [5.74, 6) is 0. The first kappa shape index (κ1) is 44.4. The van der Waals surface area contributed by atoms with E-state index in [4.69, 9.17) is 9.31 Å². The Morgan fingerprint density at radius 3 is 1.08 bits per heavy atom. The van der Waals surface area contributed by atoms with Crippen LogP contribution in [0.1, 0.15) is 80.7 Å². The standard InChI is InChI=1S/C52H62B2N2O4/c1-10-11-15-38-18-28-44(29-19-38)56(48-36-26-42(27-37-48)54-60-52(8,9)50(4,5)58)46-32-22-40(23-33-46)39-20-30-45(31-21-39)55(43-16-13-12-14-17-43)47-34-24-41(25-35-47)53-59-51(6,7)49(2,3)57/h12-14,16-37,53-54,57-58H,10-11,15H2,1-9H3. The highest BCUT2D eigenvalue weighted by molar-refractivity contribution is 6.47. The van der Waals surface area contributed by atoms with E-state index in [1.807, 2.05) is 33.8 Å². The lowest BCUT2D eigenvalue weighted by Crippen LogP contribution is -2.49. The first-order chi connectivity index (χ1) is 28.5. The maximum Gasteiger partial charge on any atom is 0.309 e. The van der Waals surface area contributed by atoms with Crippen LogP contribution in [0.15, 0.2) is 152 Å². The van der Waals surface area contributed by atoms with Gasteiger partial charge in [-0.3, -0.25) is 0 Å². The van der Waals surface area contributed by atoms with Crippen LogP contribution < -0.4 is 20.7 Å². The van der Waals surface area contributed by atoms with Crippen molar-refractivity contribution in [1.82, 2.24) is 0 Å². The number of aliphatic hydroxyl groups is 2. The van der Waals surface area contributed by atoms with Crippen molar-refractivity contribution in [2.24, 2.45) is 0 Å². The number of unbranched alkanes of at least 4 members (excludes halogenated alkanes) is 1. The number of rotatable bonds is 18. The summed E-state index contributed by atoms with van der Waals surface area (Å²) in [5, 5.41) is 21.1. The van der Waals surface area contributed by atoms with Crippen LogP contribution in [-0.4, -0.2) is 47.6 Å². The van der Waals surface area contributed by atoms with E-state index >= 15 is 0 Å². The molecular formula is C52H62B2N2O4. The third kappa shape index (κ3) is 10.8. The minimum Gasteiger partial charge on any atom is -0.427 e.